The zero-order chi connectivity index (χ0) is 10.5. The lowest BCUT2D eigenvalue weighted by Gasteiger charge is -2.30. The van der Waals surface area contributed by atoms with Crippen molar-refractivity contribution in [2.24, 2.45) is 5.92 Å². The van der Waals surface area contributed by atoms with E-state index in [2.05, 4.69) is 23.5 Å². The predicted octanol–water partition coefficient (Wildman–Crippen LogP) is 2.18. The second-order valence-corrected chi connectivity index (χ2v) is 5.06. The molecule has 0 radical (unpaired) electrons. The molecule has 0 amide bonds. The summed E-state index contributed by atoms with van der Waals surface area (Å²) in [7, 11) is 0. The van der Waals surface area contributed by atoms with Gasteiger partial charge in [0.1, 0.15) is 0 Å². The lowest BCUT2D eigenvalue weighted by Crippen LogP contribution is -2.45. The molecule has 2 nitrogen and oxygen atoms in total. The lowest BCUT2D eigenvalue weighted by atomic mass is 9.89. The maximum atomic E-state index is 10.5. The van der Waals surface area contributed by atoms with E-state index in [-0.39, 0.29) is 6.04 Å². The predicted molar refractivity (Wildman–Crippen MR) is 60.9 cm³/mol. The minimum Gasteiger partial charge on any atom is -0.388 e. The first-order chi connectivity index (χ1) is 7.18. The Morgan fingerprint density at radius 1 is 1.33 bits per heavy atom. The highest BCUT2D eigenvalue weighted by Gasteiger charge is 2.47. The summed E-state index contributed by atoms with van der Waals surface area (Å²) in [5.41, 5.74) is 1.99. The highest BCUT2D eigenvalue weighted by atomic mass is 16.3. The summed E-state index contributed by atoms with van der Waals surface area (Å²) in [4.78, 5) is 0. The molecule has 0 spiro atoms. The molecule has 2 aliphatic rings. The van der Waals surface area contributed by atoms with E-state index in [1.165, 1.54) is 24.1 Å². The van der Waals surface area contributed by atoms with Gasteiger partial charge < -0.3 is 10.4 Å². The number of rotatable bonds is 2. The van der Waals surface area contributed by atoms with Crippen LogP contribution in [0.5, 0.6) is 0 Å². The Hall–Kier alpha value is -1.02. The highest BCUT2D eigenvalue weighted by Crippen LogP contribution is 2.44. The number of aliphatic hydroxyl groups is 1. The zero-order valence-corrected chi connectivity index (χ0v) is 9.03. The van der Waals surface area contributed by atoms with Gasteiger partial charge in [0.25, 0.3) is 0 Å². The van der Waals surface area contributed by atoms with Gasteiger partial charge in [-0.15, -0.1) is 0 Å². The van der Waals surface area contributed by atoms with E-state index >= 15 is 0 Å². The van der Waals surface area contributed by atoms with Gasteiger partial charge in [-0.2, -0.15) is 0 Å². The van der Waals surface area contributed by atoms with Crippen LogP contribution in [0.3, 0.4) is 0 Å². The number of nitrogens with one attached hydrogen (secondary N) is 1. The molecule has 1 aliphatic carbocycles. The summed E-state index contributed by atoms with van der Waals surface area (Å²) in [5.74, 6) is 0.504. The number of hydrogen-bond donors (Lipinski definition) is 2. The fourth-order valence-corrected chi connectivity index (χ4v) is 2.60. The summed E-state index contributed by atoms with van der Waals surface area (Å²) in [6, 6.07) is 8.54. The van der Waals surface area contributed by atoms with Gasteiger partial charge in [-0.25, -0.2) is 0 Å². The minimum atomic E-state index is -0.543. The fourth-order valence-electron chi connectivity index (χ4n) is 2.60. The summed E-state index contributed by atoms with van der Waals surface area (Å²) < 4.78 is 0. The Morgan fingerprint density at radius 2 is 2.07 bits per heavy atom. The number of benzene rings is 1. The van der Waals surface area contributed by atoms with Crippen LogP contribution in [0.25, 0.3) is 0 Å². The van der Waals surface area contributed by atoms with Crippen molar-refractivity contribution in [1.82, 2.24) is 0 Å². The third-order valence-electron chi connectivity index (χ3n) is 3.88. The molecule has 1 fully saturated rings. The normalized spacial score (nSPS) is 28.0. The average Bonchev–Trinajstić information content (AvgIpc) is 2.97. The van der Waals surface area contributed by atoms with E-state index in [4.69, 9.17) is 0 Å². The summed E-state index contributed by atoms with van der Waals surface area (Å²) in [5, 5.41) is 13.9. The number of fused-ring (bicyclic) bond motifs is 1. The van der Waals surface area contributed by atoms with Gasteiger partial charge in [0.15, 0.2) is 0 Å². The minimum absolute atomic E-state index is 0.197. The van der Waals surface area contributed by atoms with Gasteiger partial charge in [0, 0.05) is 5.69 Å². The monoisotopic (exact) mass is 203 g/mol. The molecule has 0 aromatic heterocycles. The van der Waals surface area contributed by atoms with Crippen LogP contribution in [0.4, 0.5) is 5.69 Å². The average molecular weight is 203 g/mol. The first-order valence-electron chi connectivity index (χ1n) is 5.75. The van der Waals surface area contributed by atoms with Gasteiger partial charge in [-0.1, -0.05) is 18.2 Å². The summed E-state index contributed by atoms with van der Waals surface area (Å²) in [6.45, 7) is 1.98. The Morgan fingerprint density at radius 3 is 2.73 bits per heavy atom. The molecule has 2 unspecified atom stereocenters. The molecule has 1 saturated carbocycles. The molecule has 1 heterocycles. The quantitative estimate of drug-likeness (QED) is 0.772. The van der Waals surface area contributed by atoms with E-state index < -0.39 is 5.60 Å². The van der Waals surface area contributed by atoms with E-state index in [0.29, 0.717) is 5.92 Å². The molecule has 0 saturated heterocycles. The van der Waals surface area contributed by atoms with Gasteiger partial charge in [0.2, 0.25) is 0 Å². The summed E-state index contributed by atoms with van der Waals surface area (Å²) in [6.07, 6.45) is 3.32. The van der Waals surface area contributed by atoms with Crippen molar-refractivity contribution in [3.63, 3.8) is 0 Å². The molecule has 0 bridgehead atoms. The van der Waals surface area contributed by atoms with Crippen LogP contribution in [0.2, 0.25) is 0 Å². The largest absolute Gasteiger partial charge is 0.388 e. The molecular weight excluding hydrogens is 186 g/mol. The maximum Gasteiger partial charge on any atom is 0.0850 e. The van der Waals surface area contributed by atoms with Crippen LogP contribution in [-0.4, -0.2) is 16.7 Å². The smallest absolute Gasteiger partial charge is 0.0850 e. The Balaban J connectivity index is 1.83. The molecular formula is C13H17NO. The second-order valence-electron chi connectivity index (χ2n) is 5.06. The topological polar surface area (TPSA) is 32.3 Å². The second kappa shape index (κ2) is 2.99. The van der Waals surface area contributed by atoms with E-state index in [9.17, 15) is 5.11 Å². The highest BCUT2D eigenvalue weighted by molar-refractivity contribution is 5.57. The molecule has 2 atom stereocenters. The van der Waals surface area contributed by atoms with Crippen molar-refractivity contribution in [3.05, 3.63) is 29.8 Å². The van der Waals surface area contributed by atoms with Crippen molar-refractivity contribution in [1.29, 1.82) is 0 Å². The number of para-hydroxylation sites is 1. The Bertz CT molecular complexity index is 357. The SMILES string of the molecule is CC(O)(C1CC1)C1Cc2ccccc2N1. The van der Waals surface area contributed by atoms with Crippen LogP contribution in [-0.2, 0) is 6.42 Å². The van der Waals surface area contributed by atoms with Crippen molar-refractivity contribution in [2.45, 2.75) is 37.8 Å². The van der Waals surface area contributed by atoms with Gasteiger partial charge >= 0.3 is 0 Å². The molecule has 2 N–H and O–H groups in total. The van der Waals surface area contributed by atoms with Gasteiger partial charge in [-0.3, -0.25) is 0 Å². The molecule has 15 heavy (non-hydrogen) atoms. The lowest BCUT2D eigenvalue weighted by molar-refractivity contribution is 0.0192. The first kappa shape index (κ1) is 9.22. The standard InChI is InChI=1S/C13H17NO/c1-13(15,10-6-7-10)12-8-9-4-2-3-5-11(9)14-12/h2-5,10,12,14-15H,6-8H2,1H3. The number of anilines is 1. The van der Waals surface area contributed by atoms with E-state index in [1.807, 2.05) is 13.0 Å². The van der Waals surface area contributed by atoms with Crippen LogP contribution in [0.1, 0.15) is 25.3 Å². The maximum absolute atomic E-state index is 10.5. The third kappa shape index (κ3) is 1.44. The molecule has 1 aliphatic heterocycles. The van der Waals surface area contributed by atoms with Crippen molar-refractivity contribution < 1.29 is 5.11 Å². The summed E-state index contributed by atoms with van der Waals surface area (Å²) >= 11 is 0. The fraction of sp³-hybridized carbons (Fsp3) is 0.538. The van der Waals surface area contributed by atoms with Crippen molar-refractivity contribution in [3.8, 4) is 0 Å². The van der Waals surface area contributed by atoms with E-state index in [1.54, 1.807) is 0 Å². The van der Waals surface area contributed by atoms with Gasteiger partial charge in [-0.05, 0) is 43.7 Å². The van der Waals surface area contributed by atoms with Crippen LogP contribution in [0, 0.1) is 5.92 Å². The van der Waals surface area contributed by atoms with Crippen LogP contribution in [0.15, 0.2) is 24.3 Å². The molecule has 2 heteroatoms. The molecule has 3 rings (SSSR count). The van der Waals surface area contributed by atoms with E-state index in [0.717, 1.165) is 6.42 Å². The molecule has 1 aromatic rings. The Labute approximate surface area is 90.3 Å². The van der Waals surface area contributed by atoms with Crippen LogP contribution >= 0.6 is 0 Å². The van der Waals surface area contributed by atoms with Crippen molar-refractivity contribution in [2.75, 3.05) is 5.32 Å². The zero-order valence-electron chi connectivity index (χ0n) is 9.03. The molecule has 80 valence electrons. The Kier molecular flexibility index (Phi) is 1.84. The van der Waals surface area contributed by atoms with Crippen molar-refractivity contribution >= 4 is 5.69 Å². The van der Waals surface area contributed by atoms with Gasteiger partial charge in [0.05, 0.1) is 11.6 Å². The third-order valence-corrected chi connectivity index (χ3v) is 3.88. The number of hydrogen-bond acceptors (Lipinski definition) is 2. The van der Waals surface area contributed by atoms with Crippen LogP contribution < -0.4 is 5.32 Å². The molecule has 1 aromatic carbocycles. The first-order valence-corrected chi connectivity index (χ1v) is 5.75.